The third-order valence-electron chi connectivity index (χ3n) is 4.42. The Balaban J connectivity index is 1.55. The summed E-state index contributed by atoms with van der Waals surface area (Å²) >= 11 is 0. The second-order valence-electron chi connectivity index (χ2n) is 6.34. The Morgan fingerprint density at radius 3 is 3.00 bits per heavy atom. The molecule has 132 valence electrons. The SMILES string of the molecule is Cn1ccnc(N2CCC[C@@H](NC(=O)CCc3ccccn3)C2)c1=O. The Bertz CT molecular complexity index is 775. The minimum Gasteiger partial charge on any atom is -0.352 e. The predicted molar refractivity (Wildman–Crippen MR) is 95.4 cm³/mol. The van der Waals surface area contributed by atoms with E-state index in [4.69, 9.17) is 0 Å². The van der Waals surface area contributed by atoms with Gasteiger partial charge in [-0.2, -0.15) is 0 Å². The lowest BCUT2D eigenvalue weighted by molar-refractivity contribution is -0.121. The zero-order chi connectivity index (χ0) is 17.6. The number of anilines is 1. The third-order valence-corrected chi connectivity index (χ3v) is 4.42. The Hall–Kier alpha value is -2.70. The Morgan fingerprint density at radius 1 is 1.32 bits per heavy atom. The van der Waals surface area contributed by atoms with Crippen molar-refractivity contribution in [1.82, 2.24) is 19.9 Å². The molecule has 0 radical (unpaired) electrons. The number of hydrogen-bond acceptors (Lipinski definition) is 5. The van der Waals surface area contributed by atoms with Gasteiger partial charge in [-0.3, -0.25) is 14.6 Å². The predicted octanol–water partition coefficient (Wildman–Crippen LogP) is 0.893. The van der Waals surface area contributed by atoms with E-state index in [1.54, 1.807) is 25.6 Å². The average molecular weight is 341 g/mol. The van der Waals surface area contributed by atoms with E-state index in [2.05, 4.69) is 15.3 Å². The van der Waals surface area contributed by atoms with Crippen LogP contribution >= 0.6 is 0 Å². The number of nitrogens with one attached hydrogen (secondary N) is 1. The largest absolute Gasteiger partial charge is 0.352 e. The minimum absolute atomic E-state index is 0.0198. The summed E-state index contributed by atoms with van der Waals surface area (Å²) in [6.07, 6.45) is 7.89. The summed E-state index contributed by atoms with van der Waals surface area (Å²) in [4.78, 5) is 34.9. The minimum atomic E-state index is -0.107. The summed E-state index contributed by atoms with van der Waals surface area (Å²) in [6.45, 7) is 1.40. The highest BCUT2D eigenvalue weighted by molar-refractivity contribution is 5.76. The number of piperidine rings is 1. The average Bonchev–Trinajstić information content (AvgIpc) is 2.63. The van der Waals surface area contributed by atoms with Crippen LogP contribution < -0.4 is 15.8 Å². The van der Waals surface area contributed by atoms with Gasteiger partial charge in [0.2, 0.25) is 5.91 Å². The van der Waals surface area contributed by atoms with Crippen LogP contribution in [0.4, 0.5) is 5.82 Å². The van der Waals surface area contributed by atoms with Gasteiger partial charge in [0.05, 0.1) is 0 Å². The highest BCUT2D eigenvalue weighted by Gasteiger charge is 2.24. The molecule has 7 heteroatoms. The van der Waals surface area contributed by atoms with Crippen LogP contribution in [0.1, 0.15) is 25.0 Å². The highest BCUT2D eigenvalue weighted by atomic mass is 16.1. The molecule has 0 saturated carbocycles. The maximum Gasteiger partial charge on any atom is 0.293 e. The van der Waals surface area contributed by atoms with Crippen LogP contribution in [0.15, 0.2) is 41.6 Å². The monoisotopic (exact) mass is 341 g/mol. The van der Waals surface area contributed by atoms with Gasteiger partial charge < -0.3 is 14.8 Å². The molecule has 1 fully saturated rings. The van der Waals surface area contributed by atoms with Crippen molar-refractivity contribution in [1.29, 1.82) is 0 Å². The molecule has 1 atom stereocenters. The van der Waals surface area contributed by atoms with E-state index in [1.807, 2.05) is 23.1 Å². The van der Waals surface area contributed by atoms with Crippen LogP contribution in [0.25, 0.3) is 0 Å². The molecule has 0 unspecified atom stereocenters. The van der Waals surface area contributed by atoms with Crippen molar-refractivity contribution < 1.29 is 4.79 Å². The Labute approximate surface area is 146 Å². The summed E-state index contributed by atoms with van der Waals surface area (Å²) in [6, 6.07) is 5.75. The van der Waals surface area contributed by atoms with E-state index < -0.39 is 0 Å². The molecule has 25 heavy (non-hydrogen) atoms. The molecular weight excluding hydrogens is 318 g/mol. The standard InChI is InChI=1S/C18H23N5O2/c1-22-12-10-20-17(18(22)25)23-11-4-6-15(13-23)21-16(24)8-7-14-5-2-3-9-19-14/h2-3,5,9-10,12,15H,4,6-8,11,13H2,1H3,(H,21,24)/t15-/m1/s1. The van der Waals surface area contributed by atoms with Gasteiger partial charge in [-0.25, -0.2) is 4.98 Å². The van der Waals surface area contributed by atoms with Crippen LogP contribution in [0.5, 0.6) is 0 Å². The fraction of sp³-hybridized carbons (Fsp3) is 0.444. The molecule has 1 saturated heterocycles. The molecule has 0 aliphatic carbocycles. The molecule has 1 aliphatic rings. The van der Waals surface area contributed by atoms with Gasteiger partial charge >= 0.3 is 0 Å². The second-order valence-corrected chi connectivity index (χ2v) is 6.34. The Morgan fingerprint density at radius 2 is 2.20 bits per heavy atom. The number of amides is 1. The van der Waals surface area contributed by atoms with Crippen molar-refractivity contribution >= 4 is 11.7 Å². The lowest BCUT2D eigenvalue weighted by Crippen LogP contribution is -2.49. The van der Waals surface area contributed by atoms with Crippen LogP contribution in [0.2, 0.25) is 0 Å². The molecule has 1 N–H and O–H groups in total. The molecule has 1 aliphatic heterocycles. The van der Waals surface area contributed by atoms with Crippen molar-refractivity contribution in [2.24, 2.45) is 7.05 Å². The number of aryl methyl sites for hydroxylation is 2. The number of aromatic nitrogens is 3. The van der Waals surface area contributed by atoms with Crippen molar-refractivity contribution in [3.63, 3.8) is 0 Å². The highest BCUT2D eigenvalue weighted by Crippen LogP contribution is 2.14. The molecule has 0 spiro atoms. The fourth-order valence-electron chi connectivity index (χ4n) is 3.08. The van der Waals surface area contributed by atoms with E-state index in [1.165, 1.54) is 4.57 Å². The summed E-state index contributed by atoms with van der Waals surface area (Å²) in [7, 11) is 1.72. The van der Waals surface area contributed by atoms with Crippen molar-refractivity contribution in [3.8, 4) is 0 Å². The molecular formula is C18H23N5O2. The molecule has 1 amide bonds. The van der Waals surface area contributed by atoms with E-state index in [0.717, 1.165) is 25.1 Å². The van der Waals surface area contributed by atoms with Crippen molar-refractivity contribution in [3.05, 3.63) is 52.8 Å². The Kier molecular flexibility index (Phi) is 5.42. The van der Waals surface area contributed by atoms with Crippen LogP contribution in [-0.4, -0.2) is 39.6 Å². The van der Waals surface area contributed by atoms with E-state index in [0.29, 0.717) is 25.2 Å². The van der Waals surface area contributed by atoms with Gasteiger partial charge in [0.25, 0.3) is 5.56 Å². The second kappa shape index (κ2) is 7.92. The smallest absolute Gasteiger partial charge is 0.293 e. The number of carbonyl (C=O) groups is 1. The first kappa shape index (κ1) is 17.1. The first-order valence-corrected chi connectivity index (χ1v) is 8.59. The van der Waals surface area contributed by atoms with Gasteiger partial charge in [-0.1, -0.05) is 6.07 Å². The van der Waals surface area contributed by atoms with Crippen molar-refractivity contribution in [2.45, 2.75) is 31.7 Å². The first-order chi connectivity index (χ1) is 12.1. The van der Waals surface area contributed by atoms with Gasteiger partial charge in [0.1, 0.15) is 0 Å². The van der Waals surface area contributed by atoms with Gasteiger partial charge in [0, 0.05) is 56.9 Å². The molecule has 0 aromatic carbocycles. The molecule has 7 nitrogen and oxygen atoms in total. The van der Waals surface area contributed by atoms with Gasteiger partial charge in [-0.15, -0.1) is 0 Å². The molecule has 3 rings (SSSR count). The summed E-state index contributed by atoms with van der Waals surface area (Å²) in [5.74, 6) is 0.476. The molecule has 2 aromatic heterocycles. The van der Waals surface area contributed by atoms with Crippen LogP contribution in [0.3, 0.4) is 0 Å². The summed E-state index contributed by atoms with van der Waals surface area (Å²) < 4.78 is 1.53. The maximum atomic E-state index is 12.2. The van der Waals surface area contributed by atoms with Crippen molar-refractivity contribution in [2.75, 3.05) is 18.0 Å². The number of hydrogen-bond donors (Lipinski definition) is 1. The molecule has 2 aromatic rings. The molecule has 3 heterocycles. The van der Waals surface area contributed by atoms with Crippen LogP contribution in [-0.2, 0) is 18.3 Å². The lowest BCUT2D eigenvalue weighted by atomic mass is 10.1. The number of rotatable bonds is 5. The number of nitrogens with zero attached hydrogens (tertiary/aromatic N) is 4. The van der Waals surface area contributed by atoms with Crippen LogP contribution in [0, 0.1) is 0 Å². The zero-order valence-corrected chi connectivity index (χ0v) is 14.4. The van der Waals surface area contributed by atoms with E-state index in [9.17, 15) is 9.59 Å². The number of pyridine rings is 1. The van der Waals surface area contributed by atoms with E-state index in [-0.39, 0.29) is 17.5 Å². The zero-order valence-electron chi connectivity index (χ0n) is 14.4. The quantitative estimate of drug-likeness (QED) is 0.874. The third kappa shape index (κ3) is 4.43. The van der Waals surface area contributed by atoms with Gasteiger partial charge in [-0.05, 0) is 31.4 Å². The normalized spacial score (nSPS) is 17.3. The number of carbonyl (C=O) groups excluding carboxylic acids is 1. The van der Waals surface area contributed by atoms with Gasteiger partial charge in [0.15, 0.2) is 5.82 Å². The molecule has 0 bridgehead atoms. The lowest BCUT2D eigenvalue weighted by Gasteiger charge is -2.33. The fourth-order valence-corrected chi connectivity index (χ4v) is 3.08. The topological polar surface area (TPSA) is 80.1 Å². The first-order valence-electron chi connectivity index (χ1n) is 8.59. The van der Waals surface area contributed by atoms with E-state index >= 15 is 0 Å². The summed E-state index contributed by atoms with van der Waals surface area (Å²) in [5.41, 5.74) is 0.810. The summed E-state index contributed by atoms with van der Waals surface area (Å²) in [5, 5.41) is 3.08. The maximum absolute atomic E-state index is 12.2.